The van der Waals surface area contributed by atoms with Crippen molar-refractivity contribution >= 4 is 17.5 Å². The lowest BCUT2D eigenvalue weighted by molar-refractivity contribution is -0.121. The lowest BCUT2D eigenvalue weighted by atomic mass is 9.91. The lowest BCUT2D eigenvalue weighted by Gasteiger charge is -2.24. The molecule has 3 atom stereocenters. The first kappa shape index (κ1) is 21.4. The summed E-state index contributed by atoms with van der Waals surface area (Å²) in [5.74, 6) is 1.38. The molecular weight excluding hydrogens is 390 g/mol. The van der Waals surface area contributed by atoms with Crippen molar-refractivity contribution in [2.45, 2.75) is 45.3 Å². The van der Waals surface area contributed by atoms with E-state index in [4.69, 9.17) is 21.1 Å². The average molecular weight is 418 g/mol. The summed E-state index contributed by atoms with van der Waals surface area (Å²) in [6.45, 7) is 7.10. The third-order valence-corrected chi connectivity index (χ3v) is 5.31. The molecule has 1 aliphatic rings. The van der Waals surface area contributed by atoms with Crippen LogP contribution in [0.3, 0.4) is 0 Å². The van der Waals surface area contributed by atoms with Gasteiger partial charge in [0.15, 0.2) is 11.5 Å². The van der Waals surface area contributed by atoms with Gasteiger partial charge in [-0.3, -0.25) is 10.2 Å². The molecule has 1 fully saturated rings. The number of ether oxygens (including phenoxy) is 2. The van der Waals surface area contributed by atoms with Crippen molar-refractivity contribution in [3.05, 3.63) is 58.6 Å². The molecule has 3 rings (SSSR count). The van der Waals surface area contributed by atoms with Crippen LogP contribution in [0.1, 0.15) is 37.8 Å². The fraction of sp³-hybridized carbons (Fsp3) is 0.409. The minimum absolute atomic E-state index is 0.0278. The molecular formula is C22H28ClN3O3. The minimum atomic E-state index is -0.257. The van der Waals surface area contributed by atoms with Crippen molar-refractivity contribution in [2.75, 3.05) is 13.2 Å². The topological polar surface area (TPSA) is 71.6 Å². The Labute approximate surface area is 176 Å². The van der Waals surface area contributed by atoms with Crippen molar-refractivity contribution < 1.29 is 14.3 Å². The molecule has 0 aliphatic carbocycles. The van der Waals surface area contributed by atoms with Crippen molar-refractivity contribution in [3.63, 3.8) is 0 Å². The minimum Gasteiger partial charge on any atom is -0.490 e. The maximum Gasteiger partial charge on any atom is 0.225 e. The zero-order valence-electron chi connectivity index (χ0n) is 17.0. The molecule has 0 saturated carbocycles. The lowest BCUT2D eigenvalue weighted by Crippen LogP contribution is -2.46. The fourth-order valence-corrected chi connectivity index (χ4v) is 3.81. The van der Waals surface area contributed by atoms with Crippen LogP contribution >= 0.6 is 11.6 Å². The molecule has 3 N–H and O–H groups in total. The molecule has 0 aromatic heterocycles. The normalized spacial score (nSPS) is 21.0. The van der Waals surface area contributed by atoms with Crippen LogP contribution in [0, 0.1) is 0 Å². The van der Waals surface area contributed by atoms with Gasteiger partial charge in [-0.2, -0.15) is 0 Å². The highest BCUT2D eigenvalue weighted by molar-refractivity contribution is 6.31. The van der Waals surface area contributed by atoms with Gasteiger partial charge in [-0.25, -0.2) is 5.43 Å². The molecule has 156 valence electrons. The van der Waals surface area contributed by atoms with Gasteiger partial charge in [0.2, 0.25) is 5.91 Å². The Kier molecular flexibility index (Phi) is 7.36. The maximum atomic E-state index is 12.6. The van der Waals surface area contributed by atoms with E-state index in [1.165, 1.54) is 0 Å². The van der Waals surface area contributed by atoms with Crippen LogP contribution < -0.4 is 25.6 Å². The summed E-state index contributed by atoms with van der Waals surface area (Å²) in [4.78, 5) is 12.6. The number of hydrazine groups is 1. The molecule has 7 heteroatoms. The molecule has 0 bridgehead atoms. The number of carbonyl (C=O) groups excluding carboxylic acids is 1. The highest BCUT2D eigenvalue weighted by Crippen LogP contribution is 2.34. The standard InChI is InChI=1S/C22H28ClN3O3/c1-4-28-18-11-10-16(12-19(18)29-5-2)21-14(3)25-26-22(21)24-20(27)13-15-8-6-7-9-17(15)23/h6-12,14,21-22,25-26H,4-5,13H2,1-3H3,(H,24,27). The van der Waals surface area contributed by atoms with Crippen LogP contribution in [0.5, 0.6) is 11.5 Å². The number of hydrogen-bond acceptors (Lipinski definition) is 5. The van der Waals surface area contributed by atoms with E-state index in [1.54, 1.807) is 6.07 Å². The Morgan fingerprint density at radius 3 is 2.52 bits per heavy atom. The van der Waals surface area contributed by atoms with Crippen molar-refractivity contribution in [3.8, 4) is 11.5 Å². The smallest absolute Gasteiger partial charge is 0.225 e. The van der Waals surface area contributed by atoms with Crippen LogP contribution in [0.15, 0.2) is 42.5 Å². The molecule has 29 heavy (non-hydrogen) atoms. The monoisotopic (exact) mass is 417 g/mol. The summed E-state index contributed by atoms with van der Waals surface area (Å²) in [5.41, 5.74) is 8.29. The van der Waals surface area contributed by atoms with E-state index in [9.17, 15) is 4.79 Å². The first-order valence-corrected chi connectivity index (χ1v) is 10.3. The quantitative estimate of drug-likeness (QED) is 0.614. The van der Waals surface area contributed by atoms with Crippen molar-refractivity contribution in [1.29, 1.82) is 0 Å². The number of benzene rings is 2. The summed E-state index contributed by atoms with van der Waals surface area (Å²) in [6, 6.07) is 13.5. The van der Waals surface area contributed by atoms with Crippen LogP contribution in [0.25, 0.3) is 0 Å². The summed E-state index contributed by atoms with van der Waals surface area (Å²) < 4.78 is 11.4. The molecule has 3 unspecified atom stereocenters. The predicted molar refractivity (Wildman–Crippen MR) is 114 cm³/mol. The Bertz CT molecular complexity index is 846. The number of halogens is 1. The molecule has 2 aromatic rings. The predicted octanol–water partition coefficient (Wildman–Crippen LogP) is 3.40. The van der Waals surface area contributed by atoms with E-state index in [0.717, 1.165) is 16.9 Å². The zero-order valence-corrected chi connectivity index (χ0v) is 17.8. The maximum absolute atomic E-state index is 12.6. The first-order valence-electron chi connectivity index (χ1n) is 9.96. The third-order valence-electron chi connectivity index (χ3n) is 4.94. The highest BCUT2D eigenvalue weighted by atomic mass is 35.5. The van der Waals surface area contributed by atoms with Crippen LogP contribution in [-0.2, 0) is 11.2 Å². The van der Waals surface area contributed by atoms with Gasteiger partial charge in [0.1, 0.15) is 6.17 Å². The van der Waals surface area contributed by atoms with Gasteiger partial charge in [-0.05, 0) is 50.1 Å². The number of carbonyl (C=O) groups is 1. The molecule has 1 aliphatic heterocycles. The van der Waals surface area contributed by atoms with E-state index in [-0.39, 0.29) is 30.5 Å². The molecule has 6 nitrogen and oxygen atoms in total. The second-order valence-corrected chi connectivity index (χ2v) is 7.40. The Balaban J connectivity index is 1.76. The molecule has 0 spiro atoms. The Morgan fingerprint density at radius 1 is 1.07 bits per heavy atom. The van der Waals surface area contributed by atoms with Gasteiger partial charge in [0.05, 0.1) is 19.6 Å². The van der Waals surface area contributed by atoms with Gasteiger partial charge in [-0.15, -0.1) is 0 Å². The van der Waals surface area contributed by atoms with E-state index in [1.807, 2.05) is 50.2 Å². The summed E-state index contributed by atoms with van der Waals surface area (Å²) in [5, 5.41) is 3.68. The number of hydrogen-bond donors (Lipinski definition) is 3. The number of amides is 1. The summed E-state index contributed by atoms with van der Waals surface area (Å²) in [6.07, 6.45) is -0.0284. The fourth-order valence-electron chi connectivity index (χ4n) is 3.61. The second kappa shape index (κ2) is 9.96. The number of rotatable bonds is 8. The van der Waals surface area contributed by atoms with Gasteiger partial charge < -0.3 is 14.8 Å². The summed E-state index contributed by atoms with van der Waals surface area (Å²) >= 11 is 6.19. The molecule has 1 saturated heterocycles. The highest BCUT2D eigenvalue weighted by Gasteiger charge is 2.35. The van der Waals surface area contributed by atoms with Gasteiger partial charge in [-0.1, -0.05) is 35.9 Å². The Morgan fingerprint density at radius 2 is 1.79 bits per heavy atom. The van der Waals surface area contributed by atoms with E-state index in [0.29, 0.717) is 24.0 Å². The molecule has 2 aromatic carbocycles. The first-order chi connectivity index (χ1) is 14.0. The third kappa shape index (κ3) is 5.21. The van der Waals surface area contributed by atoms with Crippen molar-refractivity contribution in [2.24, 2.45) is 0 Å². The molecule has 1 heterocycles. The van der Waals surface area contributed by atoms with E-state index < -0.39 is 0 Å². The van der Waals surface area contributed by atoms with Gasteiger partial charge in [0, 0.05) is 17.0 Å². The number of nitrogens with one attached hydrogen (secondary N) is 3. The molecule has 0 radical (unpaired) electrons. The van der Waals surface area contributed by atoms with Crippen LogP contribution in [0.2, 0.25) is 5.02 Å². The zero-order chi connectivity index (χ0) is 20.8. The second-order valence-electron chi connectivity index (χ2n) is 6.99. The largest absolute Gasteiger partial charge is 0.490 e. The van der Waals surface area contributed by atoms with Gasteiger partial charge >= 0.3 is 0 Å². The Hall–Kier alpha value is -2.28. The van der Waals surface area contributed by atoms with Gasteiger partial charge in [0.25, 0.3) is 0 Å². The summed E-state index contributed by atoms with van der Waals surface area (Å²) in [7, 11) is 0. The van der Waals surface area contributed by atoms with Crippen molar-refractivity contribution in [1.82, 2.24) is 16.2 Å². The van der Waals surface area contributed by atoms with Crippen LogP contribution in [-0.4, -0.2) is 31.3 Å². The van der Waals surface area contributed by atoms with Crippen LogP contribution in [0.4, 0.5) is 0 Å². The van der Waals surface area contributed by atoms with E-state index in [2.05, 4.69) is 23.1 Å². The molecule has 1 amide bonds. The van der Waals surface area contributed by atoms with E-state index >= 15 is 0 Å². The SMILES string of the molecule is CCOc1ccc(C2C(C)NNC2NC(=O)Cc2ccccc2Cl)cc1OCC. The average Bonchev–Trinajstić information content (AvgIpc) is 3.05.